The molecule has 0 aliphatic carbocycles. The van der Waals surface area contributed by atoms with Crippen molar-refractivity contribution in [1.29, 1.82) is 0 Å². The number of sulfonamides is 1. The molecule has 1 amide bonds. The van der Waals surface area contributed by atoms with Gasteiger partial charge >= 0.3 is 5.97 Å². The third kappa shape index (κ3) is 4.44. The zero-order valence-corrected chi connectivity index (χ0v) is 13.0. The second-order valence-electron chi connectivity index (χ2n) is 3.76. The number of carboxylic acids is 1. The highest BCUT2D eigenvalue weighted by Crippen LogP contribution is 2.25. The molecule has 0 spiro atoms. The summed E-state index contributed by atoms with van der Waals surface area (Å²) in [5.74, 6) is -2.43. The number of benzene rings is 1. The van der Waals surface area contributed by atoms with Gasteiger partial charge in [0, 0.05) is 4.47 Å². The molecule has 1 aromatic rings. The standard InChI is InChI=1S/C10H10BrClN2O5S/c11-6-3-5(1-2-7(6)12)20(18,19)14-8(10(16)17)4-9(13)15/h1-3,8,14H,4H2,(H2,13,15)(H,16,17)/t8-/m1/s1. The molecule has 10 heteroatoms. The summed E-state index contributed by atoms with van der Waals surface area (Å²) in [5.41, 5.74) is 4.87. The van der Waals surface area contributed by atoms with Crippen LogP contribution >= 0.6 is 27.5 Å². The number of carboxylic acid groups (broad SMARTS) is 1. The highest BCUT2D eigenvalue weighted by molar-refractivity contribution is 9.10. The van der Waals surface area contributed by atoms with Crippen molar-refractivity contribution in [1.82, 2.24) is 4.72 Å². The minimum absolute atomic E-state index is 0.190. The van der Waals surface area contributed by atoms with Crippen LogP contribution in [0, 0.1) is 0 Å². The Bertz CT molecular complexity index is 649. The number of primary amides is 1. The van der Waals surface area contributed by atoms with Crippen LogP contribution in [0.4, 0.5) is 0 Å². The van der Waals surface area contributed by atoms with Crippen LogP contribution in [-0.2, 0) is 19.6 Å². The van der Waals surface area contributed by atoms with Gasteiger partial charge in [-0.15, -0.1) is 0 Å². The molecule has 4 N–H and O–H groups in total. The molecule has 0 unspecified atom stereocenters. The predicted molar refractivity (Wildman–Crippen MR) is 74.7 cm³/mol. The second kappa shape index (κ2) is 6.53. The van der Waals surface area contributed by atoms with E-state index in [9.17, 15) is 18.0 Å². The number of carbonyl (C=O) groups is 2. The number of hydrogen-bond acceptors (Lipinski definition) is 4. The van der Waals surface area contributed by atoms with E-state index in [0.29, 0.717) is 9.50 Å². The molecule has 0 fully saturated rings. The van der Waals surface area contributed by atoms with Gasteiger partial charge in [0.2, 0.25) is 15.9 Å². The van der Waals surface area contributed by atoms with Crippen LogP contribution in [0.5, 0.6) is 0 Å². The quantitative estimate of drug-likeness (QED) is 0.664. The molecule has 0 saturated carbocycles. The number of hydrogen-bond donors (Lipinski definition) is 3. The van der Waals surface area contributed by atoms with Crippen molar-refractivity contribution in [2.75, 3.05) is 0 Å². The predicted octanol–water partition coefficient (Wildman–Crippen LogP) is 0.709. The Balaban J connectivity index is 3.06. The Morgan fingerprint density at radius 2 is 2.05 bits per heavy atom. The molecule has 110 valence electrons. The Labute approximate surface area is 128 Å². The van der Waals surface area contributed by atoms with Crippen LogP contribution in [0.2, 0.25) is 5.02 Å². The van der Waals surface area contributed by atoms with Gasteiger partial charge in [-0.3, -0.25) is 9.59 Å². The molecular weight excluding hydrogens is 376 g/mol. The first-order valence-electron chi connectivity index (χ1n) is 5.12. The van der Waals surface area contributed by atoms with E-state index in [4.69, 9.17) is 22.4 Å². The van der Waals surface area contributed by atoms with Crippen molar-refractivity contribution in [2.45, 2.75) is 17.4 Å². The van der Waals surface area contributed by atoms with Gasteiger partial charge in [-0.25, -0.2) is 8.42 Å². The third-order valence-corrected chi connectivity index (χ3v) is 4.89. The summed E-state index contributed by atoms with van der Waals surface area (Å²) < 4.78 is 26.2. The molecule has 0 aromatic heterocycles. The van der Waals surface area contributed by atoms with Crippen molar-refractivity contribution in [2.24, 2.45) is 5.73 Å². The lowest BCUT2D eigenvalue weighted by molar-refractivity contribution is -0.140. The van der Waals surface area contributed by atoms with Crippen LogP contribution in [0.25, 0.3) is 0 Å². The maximum atomic E-state index is 12.0. The Morgan fingerprint density at radius 3 is 2.50 bits per heavy atom. The summed E-state index contributed by atoms with van der Waals surface area (Å²) in [6, 6.07) is 2.13. The number of rotatable bonds is 6. The zero-order chi connectivity index (χ0) is 15.5. The fourth-order valence-electron chi connectivity index (χ4n) is 1.28. The summed E-state index contributed by atoms with van der Waals surface area (Å²) in [6.07, 6.45) is -0.649. The van der Waals surface area contributed by atoms with E-state index in [1.54, 1.807) is 0 Å². The lowest BCUT2D eigenvalue weighted by Crippen LogP contribution is -2.43. The largest absolute Gasteiger partial charge is 0.480 e. The van der Waals surface area contributed by atoms with Crippen LogP contribution < -0.4 is 10.5 Å². The van der Waals surface area contributed by atoms with E-state index in [0.717, 1.165) is 0 Å². The van der Waals surface area contributed by atoms with Gasteiger partial charge in [0.25, 0.3) is 0 Å². The molecule has 1 rings (SSSR count). The first kappa shape index (κ1) is 16.9. The van der Waals surface area contributed by atoms with E-state index in [2.05, 4.69) is 15.9 Å². The van der Waals surface area contributed by atoms with Gasteiger partial charge in [0.1, 0.15) is 6.04 Å². The molecular formula is C10H10BrClN2O5S. The molecule has 0 bridgehead atoms. The van der Waals surface area contributed by atoms with Crippen molar-refractivity contribution in [3.8, 4) is 0 Å². The highest BCUT2D eigenvalue weighted by Gasteiger charge is 2.27. The van der Waals surface area contributed by atoms with E-state index in [-0.39, 0.29) is 4.90 Å². The average Bonchev–Trinajstić information content (AvgIpc) is 2.30. The molecule has 0 radical (unpaired) electrons. The summed E-state index contributed by atoms with van der Waals surface area (Å²) in [5, 5.41) is 9.17. The second-order valence-corrected chi connectivity index (χ2v) is 6.73. The Hall–Kier alpha value is -1.16. The third-order valence-electron chi connectivity index (χ3n) is 2.20. The lowest BCUT2D eigenvalue weighted by atomic mass is 10.2. The molecule has 0 heterocycles. The van der Waals surface area contributed by atoms with Gasteiger partial charge in [-0.1, -0.05) is 11.6 Å². The van der Waals surface area contributed by atoms with Crippen LogP contribution in [0.1, 0.15) is 6.42 Å². The summed E-state index contributed by atoms with van der Waals surface area (Å²) in [6.45, 7) is 0. The van der Waals surface area contributed by atoms with Crippen molar-refractivity contribution >= 4 is 49.4 Å². The van der Waals surface area contributed by atoms with Crippen molar-refractivity contribution in [3.63, 3.8) is 0 Å². The Morgan fingerprint density at radius 1 is 1.45 bits per heavy atom. The zero-order valence-electron chi connectivity index (χ0n) is 9.84. The van der Waals surface area contributed by atoms with E-state index in [1.165, 1.54) is 18.2 Å². The van der Waals surface area contributed by atoms with Gasteiger partial charge in [-0.05, 0) is 34.1 Å². The number of nitrogens with one attached hydrogen (secondary N) is 1. The molecule has 0 saturated heterocycles. The lowest BCUT2D eigenvalue weighted by Gasteiger charge is -2.13. The molecule has 1 atom stereocenters. The smallest absolute Gasteiger partial charge is 0.322 e. The molecule has 7 nitrogen and oxygen atoms in total. The van der Waals surface area contributed by atoms with Gasteiger partial charge in [-0.2, -0.15) is 4.72 Å². The SMILES string of the molecule is NC(=O)C[C@@H](NS(=O)(=O)c1ccc(Cl)c(Br)c1)C(=O)O. The molecule has 1 aromatic carbocycles. The minimum atomic E-state index is -4.12. The minimum Gasteiger partial charge on any atom is -0.480 e. The van der Waals surface area contributed by atoms with E-state index in [1.807, 2.05) is 4.72 Å². The molecule has 20 heavy (non-hydrogen) atoms. The normalized spacial score (nSPS) is 12.9. The first-order valence-corrected chi connectivity index (χ1v) is 7.77. The van der Waals surface area contributed by atoms with Crippen LogP contribution in [-0.4, -0.2) is 31.4 Å². The summed E-state index contributed by atoms with van der Waals surface area (Å²) in [4.78, 5) is 21.4. The first-order chi connectivity index (χ1) is 9.13. The molecule has 0 aliphatic rings. The van der Waals surface area contributed by atoms with Gasteiger partial charge in [0.15, 0.2) is 0 Å². The topological polar surface area (TPSA) is 127 Å². The number of aliphatic carboxylic acids is 1. The maximum Gasteiger partial charge on any atom is 0.322 e. The average molecular weight is 386 g/mol. The Kier molecular flexibility index (Phi) is 5.51. The number of nitrogens with two attached hydrogens (primary N) is 1. The number of halogens is 2. The van der Waals surface area contributed by atoms with Gasteiger partial charge in [0.05, 0.1) is 16.3 Å². The highest BCUT2D eigenvalue weighted by atomic mass is 79.9. The van der Waals surface area contributed by atoms with E-state index < -0.39 is 34.4 Å². The maximum absolute atomic E-state index is 12.0. The van der Waals surface area contributed by atoms with Crippen LogP contribution in [0.15, 0.2) is 27.6 Å². The summed E-state index contributed by atoms with van der Waals surface area (Å²) >= 11 is 8.80. The van der Waals surface area contributed by atoms with Gasteiger partial charge < -0.3 is 10.8 Å². The molecule has 0 aliphatic heterocycles. The summed E-state index contributed by atoms with van der Waals surface area (Å²) in [7, 11) is -4.12. The van der Waals surface area contributed by atoms with Crippen LogP contribution in [0.3, 0.4) is 0 Å². The van der Waals surface area contributed by atoms with E-state index >= 15 is 0 Å². The number of carbonyl (C=O) groups excluding carboxylic acids is 1. The fourth-order valence-corrected chi connectivity index (χ4v) is 3.14. The number of amides is 1. The monoisotopic (exact) mass is 384 g/mol. The van der Waals surface area contributed by atoms with Crippen molar-refractivity contribution in [3.05, 3.63) is 27.7 Å². The van der Waals surface area contributed by atoms with Crippen molar-refractivity contribution < 1.29 is 23.1 Å². The fraction of sp³-hybridized carbons (Fsp3) is 0.200.